The molecule has 1 N–H and O–H groups in total. The van der Waals surface area contributed by atoms with Gasteiger partial charge in [0.15, 0.2) is 0 Å². The van der Waals surface area contributed by atoms with Crippen molar-refractivity contribution in [3.63, 3.8) is 0 Å². The maximum absolute atomic E-state index is 14.8. The molecular formula is C78H117B2Cl3F5N3O18S4Si. The highest BCUT2D eigenvalue weighted by Gasteiger charge is 2.59. The molecule has 0 saturated heterocycles. The van der Waals surface area contributed by atoms with Gasteiger partial charge in [0.25, 0.3) is 23.6 Å². The number of benzene rings is 4. The van der Waals surface area contributed by atoms with E-state index in [0.29, 0.717) is 71.0 Å². The smallest absolute Gasteiger partial charge is 0.465 e. The summed E-state index contributed by atoms with van der Waals surface area (Å²) in [5.74, 6) is -8.25. The van der Waals surface area contributed by atoms with Gasteiger partial charge in [0, 0.05) is 48.1 Å². The number of thioether (sulfide) groups is 2. The predicted molar refractivity (Wildman–Crippen MR) is 448 cm³/mol. The van der Waals surface area contributed by atoms with Crippen LogP contribution in [-0.2, 0) is 62.8 Å². The van der Waals surface area contributed by atoms with E-state index in [4.69, 9.17) is 43.8 Å². The van der Waals surface area contributed by atoms with Crippen LogP contribution in [0.4, 0.5) is 21.4 Å². The van der Waals surface area contributed by atoms with Crippen molar-refractivity contribution in [2.45, 2.75) is 258 Å². The molecule has 0 bridgehead atoms. The number of imide groups is 2. The van der Waals surface area contributed by atoms with Crippen LogP contribution in [0.15, 0.2) is 70.5 Å². The van der Waals surface area contributed by atoms with Gasteiger partial charge in [-0.1, -0.05) is 200 Å². The summed E-state index contributed by atoms with van der Waals surface area (Å²) in [7, 11) is -5.58. The number of nitrogens with zero attached hydrogens (tertiary/aromatic N) is 3. The van der Waals surface area contributed by atoms with Gasteiger partial charge in [-0.15, -0.1) is 61.1 Å². The number of carbonyl (C=O) groups is 8. The Bertz CT molecular complexity index is 3870. The van der Waals surface area contributed by atoms with Gasteiger partial charge in [-0.3, -0.25) is 38.9 Å². The van der Waals surface area contributed by atoms with Gasteiger partial charge in [-0.25, -0.2) is 9.59 Å². The highest BCUT2D eigenvalue weighted by molar-refractivity contribution is 8.00. The lowest BCUT2D eigenvalue weighted by Gasteiger charge is -2.28. The molecule has 2 aliphatic carbocycles. The highest BCUT2D eigenvalue weighted by Crippen LogP contribution is 2.40. The van der Waals surface area contributed by atoms with Crippen molar-refractivity contribution in [1.29, 1.82) is 0 Å². The Morgan fingerprint density at radius 3 is 1.25 bits per heavy atom. The number of carbonyl (C=O) groups excluding carboxylic acids is 8. The molecule has 8 rings (SSSR count). The number of ether oxygens (including phenoxy) is 4. The monoisotopic (exact) mass is 1760 g/mol. The fourth-order valence-corrected chi connectivity index (χ4v) is 15.1. The maximum atomic E-state index is 14.8. The lowest BCUT2D eigenvalue weighted by Crippen LogP contribution is -2.48. The molecule has 2 aliphatic heterocycles. The Balaban J connectivity index is 0.00000160. The molecule has 36 heteroatoms. The van der Waals surface area contributed by atoms with E-state index in [0.717, 1.165) is 139 Å². The first kappa shape index (κ1) is 109. The van der Waals surface area contributed by atoms with E-state index in [-0.39, 0.29) is 93.9 Å². The number of hydroxylamine groups is 4. The molecule has 114 heavy (non-hydrogen) atoms. The quantitative estimate of drug-likeness (QED) is 0.00443. The second kappa shape index (κ2) is 54.2. The lowest BCUT2D eigenvalue weighted by atomic mass is 9.81. The van der Waals surface area contributed by atoms with E-state index in [1.54, 1.807) is 30.3 Å². The average Bonchev–Trinajstić information content (AvgIpc) is 0.736. The van der Waals surface area contributed by atoms with Crippen molar-refractivity contribution in [1.82, 2.24) is 15.0 Å². The standard InChI is InChI=1S/C32H39F2NO9S2.C22H25NO5S.C10H15F3O4S.C8H19N.C3H9ClSi.CH2Cl2.2CH4.B2/c1-3-5-10-21(4-2)19-43-27(36)20-45-26-16-15-25-28-23(26)13-9-14-24(28)29(37)35(30(25)38)44-46(40,41)32(33,34)31(39)42-18-17-22-11-7-6-8-12-22;1-3-5-7-14(4-2)12-28-19(24)13-29-18-11-10-17-20-15(18)8-6-9-16(20)21(25)23(27)22(17)26;11-10(12,18(13,15)16)9(14)17-7-6-8-4-2-1-3-5-8;1-6-9(7(2)3)8(4)5;1-5(2,3)4;2-1-3;;;1-2/h9,13-16,21-22H,3-8,10-12,17-20H2,1-2H3;6,8-11,14,27H,3-5,7,12-13H2,1-2H3;8H,1-7H2;7-8H,6H2,1-5H3;1-3H3;1H2;2*1H4;. The molecule has 0 aromatic heterocycles. The first-order valence-electron chi connectivity index (χ1n) is 37.7. The van der Waals surface area contributed by atoms with Gasteiger partial charge < -0.3 is 18.9 Å². The lowest BCUT2D eigenvalue weighted by molar-refractivity contribution is -0.163. The fourth-order valence-electron chi connectivity index (χ4n) is 12.4. The SMILES string of the molecule is C.C.CCCCC(CC)COC(=O)CSc1ccc2c3c(cccc13)C(=O)N(O)C2=O.CCCCC(CC)COC(=O)CSc1ccc2c3c(cccc13)C(=O)N(OS(=O)(=O)C(F)(F)C(=O)OCCC1CCCCC1)C2=O.CCN(C(C)C)C(C)C.C[Si](C)(C)Cl.ClCCl.O=C(OCCC1CCCCC1)C(F)(F)S(=O)(=O)F.[B][B]. The van der Waals surface area contributed by atoms with Crippen LogP contribution in [0.3, 0.4) is 0 Å². The van der Waals surface area contributed by atoms with E-state index in [2.05, 4.69) is 109 Å². The predicted octanol–water partition coefficient (Wildman–Crippen LogP) is 19.8. The number of hydrogen-bond acceptors (Lipinski definition) is 21. The summed E-state index contributed by atoms with van der Waals surface area (Å²) in [6.07, 6.45) is 18.9. The van der Waals surface area contributed by atoms with Gasteiger partial charge in [0.2, 0.25) is 0 Å². The Labute approximate surface area is 699 Å². The number of alkyl halides is 6. The molecule has 642 valence electrons. The maximum Gasteiger partial charge on any atom is 0.470 e. The summed E-state index contributed by atoms with van der Waals surface area (Å²) < 4.78 is 136. The van der Waals surface area contributed by atoms with Gasteiger partial charge in [-0.2, -0.15) is 45.5 Å². The molecule has 2 unspecified atom stereocenters. The normalized spacial score (nSPS) is 14.9. The van der Waals surface area contributed by atoms with Crippen LogP contribution in [0.25, 0.3) is 21.5 Å². The van der Waals surface area contributed by atoms with Crippen LogP contribution in [-0.4, -0.2) is 180 Å². The second-order valence-corrected chi connectivity index (χ2v) is 41.7. The van der Waals surface area contributed by atoms with E-state index < -0.39 is 86.4 Å². The minimum absolute atomic E-state index is 0. The third kappa shape index (κ3) is 34.7. The molecule has 2 heterocycles. The van der Waals surface area contributed by atoms with E-state index in [9.17, 15) is 81.8 Å². The molecule has 2 saturated carbocycles. The Morgan fingerprint density at radius 2 is 0.930 bits per heavy atom. The van der Waals surface area contributed by atoms with Crippen LogP contribution in [0.2, 0.25) is 19.6 Å². The average molecular weight is 1760 g/mol. The Hall–Kier alpha value is -5.09. The topological polar surface area (TPSA) is 281 Å². The summed E-state index contributed by atoms with van der Waals surface area (Å²) in [6, 6.07) is 16.9. The summed E-state index contributed by atoms with van der Waals surface area (Å²) in [4.78, 5) is 102. The largest absolute Gasteiger partial charge is 0.470 e. The molecular weight excluding hydrogens is 1650 g/mol. The van der Waals surface area contributed by atoms with E-state index in [1.807, 2.05) is 13.0 Å². The molecule has 2 fully saturated rings. The Morgan fingerprint density at radius 1 is 0.588 bits per heavy atom. The number of rotatable bonds is 33. The molecule has 4 aromatic rings. The summed E-state index contributed by atoms with van der Waals surface area (Å²) >= 11 is 17.6. The van der Waals surface area contributed by atoms with Crippen molar-refractivity contribution >= 4 is 170 Å². The zero-order valence-corrected chi connectivity index (χ0v) is 72.6. The second-order valence-electron chi connectivity index (χ2n) is 28.3. The third-order valence-corrected chi connectivity index (χ3v) is 22.4. The Kier molecular flexibility index (Phi) is 51.7. The molecule has 2 atom stereocenters. The van der Waals surface area contributed by atoms with E-state index >= 15 is 0 Å². The number of esters is 4. The van der Waals surface area contributed by atoms with Crippen molar-refractivity contribution in [3.8, 4) is 0 Å². The van der Waals surface area contributed by atoms with Crippen LogP contribution in [0.1, 0.15) is 247 Å². The van der Waals surface area contributed by atoms with Crippen molar-refractivity contribution in [3.05, 3.63) is 82.9 Å². The van der Waals surface area contributed by atoms with Crippen LogP contribution in [0.5, 0.6) is 0 Å². The fraction of sp³-hybridized carbons (Fsp3) is 0.641. The number of amides is 4. The van der Waals surface area contributed by atoms with Crippen LogP contribution in [0, 0.1) is 23.7 Å². The summed E-state index contributed by atoms with van der Waals surface area (Å²) in [5.41, 5.74) is 0.164. The zero-order valence-electron chi connectivity index (χ0n) is 66.1. The summed E-state index contributed by atoms with van der Waals surface area (Å²) in [5, 5.41) is 1.27. The number of unbranched alkanes of at least 4 members (excludes halogenated alkanes) is 2. The minimum Gasteiger partial charge on any atom is -0.465 e. The van der Waals surface area contributed by atoms with Crippen molar-refractivity contribution in [2.75, 3.05) is 49.8 Å². The van der Waals surface area contributed by atoms with Crippen molar-refractivity contribution < 1.29 is 105 Å². The first-order chi connectivity index (χ1) is 52.6. The number of hydrogen-bond donors (Lipinski definition) is 1. The van der Waals surface area contributed by atoms with Crippen molar-refractivity contribution in [2.24, 2.45) is 23.7 Å². The van der Waals surface area contributed by atoms with Crippen LogP contribution >= 0.6 is 57.8 Å². The van der Waals surface area contributed by atoms with Gasteiger partial charge in [-0.05, 0) is 131 Å². The molecule has 21 nitrogen and oxygen atoms in total. The van der Waals surface area contributed by atoms with Crippen LogP contribution < -0.4 is 0 Å². The molecule has 4 aliphatic rings. The van der Waals surface area contributed by atoms with Gasteiger partial charge in [0.1, 0.15) is 7.38 Å². The van der Waals surface area contributed by atoms with E-state index in [1.165, 1.54) is 36.0 Å². The zero-order chi connectivity index (χ0) is 84.9. The van der Waals surface area contributed by atoms with Gasteiger partial charge >= 0.3 is 54.7 Å². The molecule has 4 radical (unpaired) electrons. The minimum atomic E-state index is -6.26. The highest BCUT2D eigenvalue weighted by atomic mass is 35.6. The molecule has 0 spiro atoms. The molecule has 4 aromatic carbocycles. The molecule has 4 amide bonds. The summed E-state index contributed by atoms with van der Waals surface area (Å²) in [6.45, 7) is 27.0. The third-order valence-electron chi connectivity index (χ3n) is 18.3. The van der Waals surface area contributed by atoms with Gasteiger partial charge in [0.05, 0.1) is 65.5 Å². The number of halogens is 8. The first-order valence-corrected chi connectivity index (χ1v) is 48.0.